The minimum absolute atomic E-state index is 0.113. The van der Waals surface area contributed by atoms with Crippen LogP contribution in [0.4, 0.5) is 0 Å². The zero-order chi connectivity index (χ0) is 6.85. The molecule has 0 aliphatic rings. The van der Waals surface area contributed by atoms with E-state index < -0.39 is 6.88 Å². The summed E-state index contributed by atoms with van der Waals surface area (Å²) < 4.78 is 18.9. The van der Waals surface area contributed by atoms with E-state index >= 15 is 0 Å². The summed E-state index contributed by atoms with van der Waals surface area (Å²) >= 11 is 3.00. The van der Waals surface area contributed by atoms with E-state index in [2.05, 4.69) is 20.9 Å². The van der Waals surface area contributed by atoms with Crippen molar-refractivity contribution in [3.05, 3.63) is 16.8 Å². The fourth-order valence-electron chi connectivity index (χ4n) is 0.267. The molecule has 0 unspecified atom stereocenters. The van der Waals surface area contributed by atoms with Gasteiger partial charge in [-0.1, -0.05) is 0 Å². The SMILES string of the molecule is [2H]C([2H])c1ncc(Br)o1. The van der Waals surface area contributed by atoms with Gasteiger partial charge in [-0.25, -0.2) is 4.98 Å². The highest BCUT2D eigenvalue weighted by molar-refractivity contribution is 9.10. The monoisotopic (exact) mass is 163 g/mol. The summed E-state index contributed by atoms with van der Waals surface area (Å²) in [4.78, 5) is 3.63. The summed E-state index contributed by atoms with van der Waals surface area (Å²) in [6.07, 6.45) is 1.42. The Morgan fingerprint density at radius 1 is 2.14 bits per heavy atom. The van der Waals surface area contributed by atoms with Crippen molar-refractivity contribution in [1.29, 1.82) is 0 Å². The zero-order valence-corrected chi connectivity index (χ0v) is 4.97. The Bertz CT molecular complexity index is 200. The maximum absolute atomic E-state index is 6.82. The van der Waals surface area contributed by atoms with Gasteiger partial charge in [-0.15, -0.1) is 0 Å². The van der Waals surface area contributed by atoms with Crippen molar-refractivity contribution in [1.82, 2.24) is 4.98 Å². The lowest BCUT2D eigenvalue weighted by Crippen LogP contribution is -1.59. The standard InChI is InChI=1S/C4H4BrNO/c1-3-6-2-4(5)7-3/h2H,1H3/i1D2. The number of aryl methyl sites for hydroxylation is 1. The number of rotatable bonds is 0. The molecule has 0 radical (unpaired) electrons. The molecule has 1 aromatic heterocycles. The highest BCUT2D eigenvalue weighted by Gasteiger charge is 1.89. The molecular weight excluding hydrogens is 158 g/mol. The summed E-state index contributed by atoms with van der Waals surface area (Å²) in [6, 6.07) is 0. The summed E-state index contributed by atoms with van der Waals surface area (Å²) in [6.45, 7) is -1.13. The Morgan fingerprint density at radius 2 is 3.00 bits per heavy atom. The van der Waals surface area contributed by atoms with Gasteiger partial charge >= 0.3 is 0 Å². The quantitative estimate of drug-likeness (QED) is 0.583. The largest absolute Gasteiger partial charge is 0.434 e. The maximum Gasteiger partial charge on any atom is 0.192 e. The van der Waals surface area contributed by atoms with Crippen LogP contribution in [0.3, 0.4) is 0 Å². The van der Waals surface area contributed by atoms with Gasteiger partial charge in [0.1, 0.15) is 0 Å². The van der Waals surface area contributed by atoms with Crippen LogP contribution >= 0.6 is 15.9 Å². The molecule has 0 saturated carbocycles. The normalized spacial score (nSPS) is 14.0. The summed E-state index contributed by atoms with van der Waals surface area (Å²) in [7, 11) is 0. The van der Waals surface area contributed by atoms with E-state index in [1.807, 2.05) is 0 Å². The molecule has 38 valence electrons. The molecule has 3 heteroatoms. The molecule has 2 nitrogen and oxygen atoms in total. The summed E-state index contributed by atoms with van der Waals surface area (Å²) in [5, 5.41) is 0. The Labute approximate surface area is 52.5 Å². The van der Waals surface area contributed by atoms with Gasteiger partial charge in [0.2, 0.25) is 0 Å². The molecule has 0 saturated heterocycles. The van der Waals surface area contributed by atoms with E-state index in [1.165, 1.54) is 6.20 Å². The number of nitrogens with zero attached hydrogens (tertiary/aromatic N) is 1. The van der Waals surface area contributed by atoms with Gasteiger partial charge in [0.25, 0.3) is 0 Å². The van der Waals surface area contributed by atoms with Crippen LogP contribution in [0.25, 0.3) is 0 Å². The lowest BCUT2D eigenvalue weighted by molar-refractivity contribution is 0.499. The molecule has 0 aromatic carbocycles. The Kier molecular flexibility index (Phi) is 0.679. The van der Waals surface area contributed by atoms with Gasteiger partial charge in [0.15, 0.2) is 10.6 Å². The van der Waals surface area contributed by atoms with Crippen molar-refractivity contribution in [3.8, 4) is 0 Å². The molecule has 7 heavy (non-hydrogen) atoms. The van der Waals surface area contributed by atoms with Crippen LogP contribution in [-0.2, 0) is 0 Å². The van der Waals surface area contributed by atoms with Gasteiger partial charge in [0, 0.05) is 9.62 Å². The maximum atomic E-state index is 6.82. The van der Waals surface area contributed by atoms with Crippen LogP contribution in [0.1, 0.15) is 8.63 Å². The molecule has 0 atom stereocenters. The summed E-state index contributed by atoms with van der Waals surface area (Å²) in [5.74, 6) is 0.113. The van der Waals surface area contributed by atoms with Gasteiger partial charge in [-0.2, -0.15) is 0 Å². The van der Waals surface area contributed by atoms with E-state index in [1.54, 1.807) is 0 Å². The van der Waals surface area contributed by atoms with E-state index in [-0.39, 0.29) is 5.89 Å². The van der Waals surface area contributed by atoms with Crippen LogP contribution < -0.4 is 0 Å². The van der Waals surface area contributed by atoms with Crippen LogP contribution in [-0.4, -0.2) is 4.98 Å². The molecule has 0 aliphatic heterocycles. The summed E-state index contributed by atoms with van der Waals surface area (Å²) in [5.41, 5.74) is 0. The molecule has 0 spiro atoms. The fourth-order valence-corrected chi connectivity index (χ4v) is 0.535. The number of aromatic nitrogens is 1. The van der Waals surface area contributed by atoms with Crippen LogP contribution in [0, 0.1) is 6.88 Å². The van der Waals surface area contributed by atoms with Gasteiger partial charge < -0.3 is 4.42 Å². The number of oxazole rings is 1. The first-order valence-electron chi connectivity index (χ1n) is 2.81. The third-order valence-electron chi connectivity index (χ3n) is 0.495. The Morgan fingerprint density at radius 3 is 3.29 bits per heavy atom. The average Bonchev–Trinajstić information content (AvgIpc) is 2.14. The number of hydrogen-bond donors (Lipinski definition) is 0. The predicted octanol–water partition coefficient (Wildman–Crippen LogP) is 1.75. The van der Waals surface area contributed by atoms with Crippen molar-refractivity contribution in [2.24, 2.45) is 0 Å². The second-order valence-electron chi connectivity index (χ2n) is 1.00. The minimum Gasteiger partial charge on any atom is -0.434 e. The van der Waals surface area contributed by atoms with Gasteiger partial charge in [-0.05, 0) is 15.9 Å². The molecule has 0 fully saturated rings. The first-order valence-corrected chi connectivity index (χ1v) is 2.45. The first-order chi connectivity index (χ1) is 4.20. The van der Waals surface area contributed by atoms with Gasteiger partial charge in [0.05, 0.1) is 6.20 Å². The molecule has 0 N–H and O–H groups in total. The van der Waals surface area contributed by atoms with E-state index in [4.69, 9.17) is 7.16 Å². The number of halogens is 1. The molecule has 0 aliphatic carbocycles. The molecule has 1 rings (SSSR count). The van der Waals surface area contributed by atoms with Crippen LogP contribution in [0.5, 0.6) is 0 Å². The van der Waals surface area contributed by atoms with E-state index in [9.17, 15) is 0 Å². The van der Waals surface area contributed by atoms with Crippen molar-refractivity contribution in [2.75, 3.05) is 0 Å². The van der Waals surface area contributed by atoms with Crippen molar-refractivity contribution >= 4 is 15.9 Å². The second kappa shape index (κ2) is 1.66. The minimum atomic E-state index is -1.13. The lowest BCUT2D eigenvalue weighted by atomic mass is 10.8. The molecular formula is C4H4BrNO. The van der Waals surface area contributed by atoms with E-state index in [0.717, 1.165) is 0 Å². The van der Waals surface area contributed by atoms with E-state index in [0.29, 0.717) is 4.67 Å². The van der Waals surface area contributed by atoms with Crippen LogP contribution in [0.15, 0.2) is 15.3 Å². The van der Waals surface area contributed by atoms with Crippen molar-refractivity contribution in [2.45, 2.75) is 6.88 Å². The Balaban J connectivity index is 2.85. The zero-order valence-electron chi connectivity index (χ0n) is 5.39. The smallest absolute Gasteiger partial charge is 0.192 e. The first kappa shape index (κ1) is 2.87. The lowest BCUT2D eigenvalue weighted by Gasteiger charge is -1.71. The fraction of sp³-hybridized carbons (Fsp3) is 0.250. The van der Waals surface area contributed by atoms with Gasteiger partial charge in [-0.3, -0.25) is 0 Å². The molecule has 1 heterocycles. The van der Waals surface area contributed by atoms with Crippen LogP contribution in [0.2, 0.25) is 0 Å². The third kappa shape index (κ3) is 1.03. The third-order valence-corrected chi connectivity index (χ3v) is 0.862. The highest BCUT2D eigenvalue weighted by atomic mass is 79.9. The number of hydrogen-bond acceptors (Lipinski definition) is 2. The predicted molar refractivity (Wildman–Crippen MR) is 28.9 cm³/mol. The van der Waals surface area contributed by atoms with Crippen molar-refractivity contribution in [3.63, 3.8) is 0 Å². The molecule has 0 bridgehead atoms. The van der Waals surface area contributed by atoms with Crippen molar-refractivity contribution < 1.29 is 7.16 Å². The molecule has 0 amide bonds. The Hall–Kier alpha value is -0.310. The average molecular weight is 164 g/mol. The second-order valence-corrected chi connectivity index (χ2v) is 1.78. The topological polar surface area (TPSA) is 26.0 Å². The molecule has 1 aromatic rings. The highest BCUT2D eigenvalue weighted by Crippen LogP contribution is 2.08.